The highest BCUT2D eigenvalue weighted by Gasteiger charge is 2.80. The molecular weight excluding hydrogens is 332 g/mol. The Morgan fingerprint density at radius 1 is 1.08 bits per heavy atom. The van der Waals surface area contributed by atoms with Gasteiger partial charge in [-0.2, -0.15) is 15.8 Å². The molecule has 1 aromatic rings. The molecule has 0 amide bonds. The molecule has 7 heteroatoms. The summed E-state index contributed by atoms with van der Waals surface area (Å²) in [7, 11) is 0. The van der Waals surface area contributed by atoms with E-state index in [0.717, 1.165) is 25.7 Å². The average Bonchev–Trinajstić information content (AvgIpc) is 3.21. The number of hydrogen-bond acceptors (Lipinski definition) is 7. The lowest BCUT2D eigenvalue weighted by Gasteiger charge is -2.50. The van der Waals surface area contributed by atoms with Crippen LogP contribution >= 0.6 is 0 Å². The van der Waals surface area contributed by atoms with E-state index in [2.05, 4.69) is 6.07 Å². The number of furan rings is 1. The van der Waals surface area contributed by atoms with Crippen LogP contribution in [0.5, 0.6) is 0 Å². The van der Waals surface area contributed by atoms with E-state index in [1.54, 1.807) is 6.07 Å². The molecule has 3 aliphatic rings. The fourth-order valence-corrected chi connectivity index (χ4v) is 4.94. The molecule has 3 fully saturated rings. The molecule has 1 saturated carbocycles. The van der Waals surface area contributed by atoms with Crippen molar-refractivity contribution >= 4 is 5.90 Å². The van der Waals surface area contributed by atoms with Gasteiger partial charge in [0.05, 0.1) is 36.7 Å². The lowest BCUT2D eigenvalue weighted by molar-refractivity contribution is -0.289. The third-order valence-electron chi connectivity index (χ3n) is 6.16. The Hall–Kier alpha value is -2.82. The highest BCUT2D eigenvalue weighted by molar-refractivity contribution is 5.89. The van der Waals surface area contributed by atoms with Crippen molar-refractivity contribution < 1.29 is 13.9 Å². The smallest absolute Gasteiger partial charge is 0.217 e. The van der Waals surface area contributed by atoms with Crippen LogP contribution in [-0.2, 0) is 9.47 Å². The molecular formula is C19H18N4O3. The number of nitriles is 3. The van der Waals surface area contributed by atoms with E-state index in [1.165, 1.54) is 12.5 Å². The summed E-state index contributed by atoms with van der Waals surface area (Å²) in [4.78, 5) is 0. The predicted molar refractivity (Wildman–Crippen MR) is 87.0 cm³/mol. The van der Waals surface area contributed by atoms with Crippen molar-refractivity contribution in [3.05, 3.63) is 24.2 Å². The van der Waals surface area contributed by atoms with Crippen LogP contribution in [0, 0.1) is 56.2 Å². The van der Waals surface area contributed by atoms with Gasteiger partial charge >= 0.3 is 0 Å². The first-order valence-corrected chi connectivity index (χ1v) is 8.82. The van der Waals surface area contributed by atoms with Crippen LogP contribution in [0.3, 0.4) is 0 Å². The molecule has 1 aromatic heterocycles. The largest absolute Gasteiger partial charge is 0.472 e. The molecule has 3 heterocycles. The third kappa shape index (κ3) is 1.75. The van der Waals surface area contributed by atoms with Crippen LogP contribution in [0.1, 0.15) is 50.2 Å². The van der Waals surface area contributed by atoms with Gasteiger partial charge in [0.1, 0.15) is 6.10 Å². The second-order valence-corrected chi connectivity index (χ2v) is 7.25. The predicted octanol–water partition coefficient (Wildman–Crippen LogP) is 3.57. The van der Waals surface area contributed by atoms with Gasteiger partial charge in [-0.15, -0.1) is 0 Å². The molecule has 2 saturated heterocycles. The molecule has 2 aliphatic heterocycles. The van der Waals surface area contributed by atoms with Crippen molar-refractivity contribution in [3.63, 3.8) is 0 Å². The van der Waals surface area contributed by atoms with Crippen molar-refractivity contribution in [3.8, 4) is 18.2 Å². The Balaban J connectivity index is 1.99. The first kappa shape index (κ1) is 16.6. The molecule has 132 valence electrons. The topological polar surface area (TPSA) is 127 Å². The normalized spacial score (nSPS) is 37.8. The van der Waals surface area contributed by atoms with E-state index in [1.807, 2.05) is 12.1 Å². The van der Waals surface area contributed by atoms with Crippen LogP contribution in [-0.4, -0.2) is 11.7 Å². The van der Waals surface area contributed by atoms with Gasteiger partial charge in [-0.25, -0.2) is 0 Å². The fourth-order valence-electron chi connectivity index (χ4n) is 4.94. The number of nitrogens with zero attached hydrogens (tertiary/aromatic N) is 3. The Bertz CT molecular complexity index is 845. The number of ether oxygens (including phenoxy) is 2. The molecule has 4 atom stereocenters. The van der Waals surface area contributed by atoms with Gasteiger partial charge in [-0.1, -0.05) is 19.3 Å². The second kappa shape index (κ2) is 5.59. The first-order chi connectivity index (χ1) is 12.6. The van der Waals surface area contributed by atoms with E-state index in [-0.39, 0.29) is 5.90 Å². The Morgan fingerprint density at radius 3 is 2.50 bits per heavy atom. The highest BCUT2D eigenvalue weighted by atomic mass is 16.7. The van der Waals surface area contributed by atoms with Gasteiger partial charge in [0.2, 0.25) is 17.1 Å². The van der Waals surface area contributed by atoms with Crippen LogP contribution in [0.25, 0.3) is 0 Å². The molecule has 7 nitrogen and oxygen atoms in total. The maximum absolute atomic E-state index is 10.2. The SMILES string of the molecule is N#CC1(C#N)C(c2ccoc2)OC23CCCCCCC2C1(C#N)C(=N)O3. The Labute approximate surface area is 151 Å². The van der Waals surface area contributed by atoms with Crippen LogP contribution in [0.4, 0.5) is 0 Å². The van der Waals surface area contributed by atoms with E-state index >= 15 is 0 Å². The van der Waals surface area contributed by atoms with Crippen LogP contribution in [0.2, 0.25) is 0 Å². The summed E-state index contributed by atoms with van der Waals surface area (Å²) in [5.41, 5.74) is -3.04. The maximum atomic E-state index is 10.2. The third-order valence-corrected chi connectivity index (χ3v) is 6.16. The van der Waals surface area contributed by atoms with E-state index < -0.39 is 28.6 Å². The molecule has 2 bridgehead atoms. The summed E-state index contributed by atoms with van der Waals surface area (Å²) < 4.78 is 17.4. The highest BCUT2D eigenvalue weighted by Crippen LogP contribution is 2.68. The molecule has 4 unspecified atom stereocenters. The number of hydrogen-bond donors (Lipinski definition) is 1. The van der Waals surface area contributed by atoms with Gasteiger partial charge in [-0.3, -0.25) is 5.41 Å². The number of rotatable bonds is 1. The van der Waals surface area contributed by atoms with Crippen molar-refractivity contribution in [1.82, 2.24) is 0 Å². The zero-order valence-electron chi connectivity index (χ0n) is 14.2. The molecule has 4 rings (SSSR count). The maximum Gasteiger partial charge on any atom is 0.217 e. The van der Waals surface area contributed by atoms with Crippen molar-refractivity contribution in [2.24, 2.45) is 16.7 Å². The van der Waals surface area contributed by atoms with Crippen molar-refractivity contribution in [2.45, 2.75) is 50.4 Å². The van der Waals surface area contributed by atoms with Crippen LogP contribution in [0.15, 0.2) is 23.0 Å². The zero-order chi connectivity index (χ0) is 18.4. The Kier molecular flexibility index (Phi) is 3.58. The summed E-state index contributed by atoms with van der Waals surface area (Å²) in [5.74, 6) is -1.98. The minimum absolute atomic E-state index is 0.319. The van der Waals surface area contributed by atoms with E-state index in [4.69, 9.17) is 19.3 Å². The lowest BCUT2D eigenvalue weighted by Crippen LogP contribution is -2.59. The second-order valence-electron chi connectivity index (χ2n) is 7.25. The summed E-state index contributed by atoms with van der Waals surface area (Å²) in [6.07, 6.45) is 6.67. The van der Waals surface area contributed by atoms with Gasteiger partial charge in [0.15, 0.2) is 5.41 Å². The summed E-state index contributed by atoms with van der Waals surface area (Å²) in [6, 6.07) is 7.91. The van der Waals surface area contributed by atoms with Gasteiger partial charge < -0.3 is 13.9 Å². The van der Waals surface area contributed by atoms with Gasteiger partial charge in [0.25, 0.3) is 0 Å². The minimum atomic E-state index is -1.88. The monoisotopic (exact) mass is 350 g/mol. The summed E-state index contributed by atoms with van der Waals surface area (Å²) in [5, 5.41) is 38.8. The van der Waals surface area contributed by atoms with Crippen molar-refractivity contribution in [2.75, 3.05) is 0 Å². The average molecular weight is 350 g/mol. The lowest BCUT2D eigenvalue weighted by atomic mass is 9.52. The van der Waals surface area contributed by atoms with Gasteiger partial charge in [0, 0.05) is 12.0 Å². The molecule has 1 N–H and O–H groups in total. The quantitative estimate of drug-likeness (QED) is 0.825. The van der Waals surface area contributed by atoms with Crippen LogP contribution < -0.4 is 0 Å². The van der Waals surface area contributed by atoms with Gasteiger partial charge in [-0.05, 0) is 18.9 Å². The summed E-state index contributed by atoms with van der Waals surface area (Å²) in [6.45, 7) is 0. The fraction of sp³-hybridized carbons (Fsp3) is 0.579. The van der Waals surface area contributed by atoms with E-state index in [0.29, 0.717) is 18.4 Å². The molecule has 26 heavy (non-hydrogen) atoms. The van der Waals surface area contributed by atoms with Crippen molar-refractivity contribution in [1.29, 1.82) is 21.2 Å². The Morgan fingerprint density at radius 2 is 1.85 bits per heavy atom. The molecule has 1 aliphatic carbocycles. The zero-order valence-corrected chi connectivity index (χ0v) is 14.2. The standard InChI is InChI=1S/C19H18N4O3/c20-10-17(11-21)15(13-6-8-24-9-13)25-19-7-4-2-1-3-5-14(19)18(17,12-22)16(23)26-19/h6,8-9,14-15,23H,1-5,7H2. The number of nitrogens with one attached hydrogen (secondary N) is 1. The minimum Gasteiger partial charge on any atom is -0.472 e. The molecule has 0 aromatic carbocycles. The van der Waals surface area contributed by atoms with E-state index in [9.17, 15) is 15.8 Å². The summed E-state index contributed by atoms with van der Waals surface area (Å²) >= 11 is 0. The molecule has 0 radical (unpaired) electrons. The molecule has 0 spiro atoms. The first-order valence-electron chi connectivity index (χ1n) is 8.82.